The van der Waals surface area contributed by atoms with Gasteiger partial charge in [-0.3, -0.25) is 4.98 Å². The van der Waals surface area contributed by atoms with Gasteiger partial charge in [-0.25, -0.2) is 13.1 Å². The normalized spacial score (nSPS) is 11.7. The van der Waals surface area contributed by atoms with Gasteiger partial charge in [-0.1, -0.05) is 0 Å². The molecule has 0 unspecified atom stereocenters. The van der Waals surface area contributed by atoms with Gasteiger partial charge in [0.15, 0.2) is 0 Å². The molecule has 0 aliphatic heterocycles. The fourth-order valence-electron chi connectivity index (χ4n) is 1.84. The third kappa shape index (κ3) is 3.64. The minimum Gasteiger partial charge on any atom is -0.256 e. The van der Waals surface area contributed by atoms with Gasteiger partial charge in [-0.15, -0.1) is 11.3 Å². The van der Waals surface area contributed by atoms with Crippen LogP contribution in [-0.2, 0) is 16.6 Å². The number of hydrogen-bond acceptors (Lipinski definition) is 5. The number of aromatic nitrogens is 1. The summed E-state index contributed by atoms with van der Waals surface area (Å²) in [5.41, 5.74) is 2.75. The lowest BCUT2D eigenvalue weighted by molar-refractivity contribution is 0.583. The number of pyridine rings is 1. The number of nitrogens with zero attached hydrogens (tertiary/aromatic N) is 1. The maximum Gasteiger partial charge on any atom is 0.250 e. The number of nitrogens with one attached hydrogen (secondary N) is 1. The van der Waals surface area contributed by atoms with E-state index >= 15 is 0 Å². The third-order valence-electron chi connectivity index (χ3n) is 2.92. The van der Waals surface area contributed by atoms with Crippen molar-refractivity contribution in [1.82, 2.24) is 9.71 Å². The van der Waals surface area contributed by atoms with Crippen LogP contribution >= 0.6 is 38.6 Å². The number of thiophene rings is 2. The summed E-state index contributed by atoms with van der Waals surface area (Å²) in [5, 5.41) is 4.00. The maximum atomic E-state index is 12.2. The van der Waals surface area contributed by atoms with Crippen molar-refractivity contribution in [1.29, 1.82) is 0 Å². The van der Waals surface area contributed by atoms with E-state index in [9.17, 15) is 8.42 Å². The molecule has 0 aliphatic carbocycles. The van der Waals surface area contributed by atoms with E-state index in [1.165, 1.54) is 11.3 Å². The summed E-state index contributed by atoms with van der Waals surface area (Å²) < 4.78 is 28.1. The molecule has 0 spiro atoms. The van der Waals surface area contributed by atoms with Crippen molar-refractivity contribution in [2.45, 2.75) is 10.8 Å². The van der Waals surface area contributed by atoms with Crippen molar-refractivity contribution in [3.8, 4) is 11.3 Å². The Morgan fingerprint density at radius 1 is 1.23 bits per heavy atom. The van der Waals surface area contributed by atoms with E-state index in [2.05, 4.69) is 25.6 Å². The molecule has 1 N–H and O–H groups in total. The van der Waals surface area contributed by atoms with Crippen LogP contribution in [0.3, 0.4) is 0 Å². The zero-order chi connectivity index (χ0) is 15.6. The Morgan fingerprint density at radius 2 is 2.09 bits per heavy atom. The Balaban J connectivity index is 1.75. The van der Waals surface area contributed by atoms with Gasteiger partial charge in [0, 0.05) is 23.7 Å². The highest BCUT2D eigenvalue weighted by Gasteiger charge is 2.16. The smallest absolute Gasteiger partial charge is 0.250 e. The van der Waals surface area contributed by atoms with Gasteiger partial charge in [0.05, 0.1) is 9.48 Å². The lowest BCUT2D eigenvalue weighted by Gasteiger charge is -2.06. The lowest BCUT2D eigenvalue weighted by Crippen LogP contribution is -2.22. The van der Waals surface area contributed by atoms with Crippen LogP contribution < -0.4 is 4.72 Å². The second-order valence-electron chi connectivity index (χ2n) is 4.44. The largest absolute Gasteiger partial charge is 0.256 e. The molecule has 0 radical (unpaired) electrons. The Hall–Kier alpha value is -1.06. The summed E-state index contributed by atoms with van der Waals surface area (Å²) in [5.74, 6) is 0. The monoisotopic (exact) mass is 414 g/mol. The van der Waals surface area contributed by atoms with Gasteiger partial charge in [0.1, 0.15) is 4.21 Å². The van der Waals surface area contributed by atoms with Crippen LogP contribution in [0.25, 0.3) is 11.3 Å². The fraction of sp³-hybridized carbons (Fsp3) is 0.0714. The van der Waals surface area contributed by atoms with Crippen molar-refractivity contribution < 1.29 is 8.42 Å². The molecular formula is C14H11BrN2O2S3. The molecule has 0 atom stereocenters. The van der Waals surface area contributed by atoms with E-state index < -0.39 is 10.0 Å². The van der Waals surface area contributed by atoms with Crippen LogP contribution in [0, 0.1) is 0 Å². The fourth-order valence-corrected chi connectivity index (χ4v) is 5.57. The summed E-state index contributed by atoms with van der Waals surface area (Å²) >= 11 is 6.06. The van der Waals surface area contributed by atoms with E-state index in [1.54, 1.807) is 29.7 Å². The van der Waals surface area contributed by atoms with Gasteiger partial charge in [0.25, 0.3) is 0 Å². The van der Waals surface area contributed by atoms with Crippen LogP contribution in [0.15, 0.2) is 55.3 Å². The Labute approximate surface area is 145 Å². The topological polar surface area (TPSA) is 59.1 Å². The maximum absolute atomic E-state index is 12.2. The Morgan fingerprint density at radius 3 is 2.77 bits per heavy atom. The van der Waals surface area contributed by atoms with Crippen LogP contribution in [0.5, 0.6) is 0 Å². The minimum atomic E-state index is -3.48. The average Bonchev–Trinajstić information content (AvgIpc) is 3.17. The predicted molar refractivity (Wildman–Crippen MR) is 93.6 cm³/mol. The van der Waals surface area contributed by atoms with Gasteiger partial charge < -0.3 is 0 Å². The standard InChI is InChI=1S/C14H11BrN2O2S3/c15-13-1-2-14(21-13)22(18,19)17-8-10-3-5-16-12(7-10)11-4-6-20-9-11/h1-7,9,17H,8H2. The molecule has 0 aromatic carbocycles. The molecule has 0 amide bonds. The average molecular weight is 415 g/mol. The zero-order valence-electron chi connectivity index (χ0n) is 11.2. The molecular weight excluding hydrogens is 404 g/mol. The summed E-state index contributed by atoms with van der Waals surface area (Å²) in [6.45, 7) is 0.234. The van der Waals surface area contributed by atoms with E-state index in [0.717, 1.165) is 20.6 Å². The summed E-state index contributed by atoms with van der Waals surface area (Å²) in [6.07, 6.45) is 1.69. The molecule has 3 aromatic rings. The Bertz CT molecular complexity index is 873. The molecule has 114 valence electrons. The molecule has 0 saturated carbocycles. The first-order valence-corrected chi connectivity index (χ1v) is 10.3. The van der Waals surface area contributed by atoms with Crippen LogP contribution in [0.1, 0.15) is 5.56 Å². The molecule has 22 heavy (non-hydrogen) atoms. The number of hydrogen-bond donors (Lipinski definition) is 1. The lowest BCUT2D eigenvalue weighted by atomic mass is 10.1. The predicted octanol–water partition coefficient (Wildman–Crippen LogP) is 4.11. The summed E-state index contributed by atoms with van der Waals surface area (Å²) in [7, 11) is -3.48. The molecule has 0 bridgehead atoms. The molecule has 3 aromatic heterocycles. The molecule has 3 rings (SSSR count). The van der Waals surface area contributed by atoms with E-state index in [0.29, 0.717) is 4.21 Å². The number of halogens is 1. The van der Waals surface area contributed by atoms with Gasteiger partial charge in [0.2, 0.25) is 10.0 Å². The quantitative estimate of drug-likeness (QED) is 0.682. The molecule has 8 heteroatoms. The van der Waals surface area contributed by atoms with Crippen molar-refractivity contribution in [3.63, 3.8) is 0 Å². The number of rotatable bonds is 5. The highest BCUT2D eigenvalue weighted by atomic mass is 79.9. The SMILES string of the molecule is O=S(=O)(NCc1ccnc(-c2ccsc2)c1)c1ccc(Br)s1. The summed E-state index contributed by atoms with van der Waals surface area (Å²) in [6, 6.07) is 9.00. The number of sulfonamides is 1. The van der Waals surface area contributed by atoms with Crippen LogP contribution in [0.2, 0.25) is 0 Å². The van der Waals surface area contributed by atoms with Crippen molar-refractivity contribution in [2.24, 2.45) is 0 Å². The molecule has 4 nitrogen and oxygen atoms in total. The van der Waals surface area contributed by atoms with E-state index in [4.69, 9.17) is 0 Å². The first kappa shape index (κ1) is 15.8. The highest BCUT2D eigenvalue weighted by Crippen LogP contribution is 2.26. The van der Waals surface area contributed by atoms with Crippen molar-refractivity contribution >= 4 is 48.6 Å². The van der Waals surface area contributed by atoms with Crippen molar-refractivity contribution in [3.05, 3.63) is 56.6 Å². The van der Waals surface area contributed by atoms with E-state index in [1.807, 2.05) is 29.0 Å². The first-order chi connectivity index (χ1) is 10.5. The zero-order valence-corrected chi connectivity index (χ0v) is 15.2. The van der Waals surface area contributed by atoms with E-state index in [-0.39, 0.29) is 6.54 Å². The van der Waals surface area contributed by atoms with Crippen LogP contribution in [-0.4, -0.2) is 13.4 Å². The van der Waals surface area contributed by atoms with Gasteiger partial charge in [-0.05, 0) is 57.2 Å². The second kappa shape index (κ2) is 6.59. The highest BCUT2D eigenvalue weighted by molar-refractivity contribution is 9.11. The van der Waals surface area contributed by atoms with Gasteiger partial charge in [-0.2, -0.15) is 11.3 Å². The molecule has 0 saturated heterocycles. The minimum absolute atomic E-state index is 0.234. The van der Waals surface area contributed by atoms with Crippen LogP contribution in [0.4, 0.5) is 0 Å². The Kier molecular flexibility index (Phi) is 4.74. The molecule has 3 heterocycles. The van der Waals surface area contributed by atoms with Crippen molar-refractivity contribution in [2.75, 3.05) is 0 Å². The van der Waals surface area contributed by atoms with Gasteiger partial charge >= 0.3 is 0 Å². The summed E-state index contributed by atoms with van der Waals surface area (Å²) in [4.78, 5) is 4.31. The molecule has 0 fully saturated rings. The molecule has 0 aliphatic rings. The third-order valence-corrected chi connectivity index (χ3v) is 7.12. The second-order valence-corrected chi connectivity index (χ2v) is 9.68. The first-order valence-electron chi connectivity index (χ1n) is 6.27.